The maximum Gasteiger partial charge on any atom is 0.266 e. The van der Waals surface area contributed by atoms with Gasteiger partial charge in [-0.25, -0.2) is 0 Å². The minimum Gasteiger partial charge on any atom is -0.490 e. The molecule has 0 aliphatic heterocycles. The highest BCUT2D eigenvalue weighted by Crippen LogP contribution is 2.35. The Balaban J connectivity index is 2.32. The van der Waals surface area contributed by atoms with Crippen LogP contribution in [0.4, 0.5) is 5.69 Å². The van der Waals surface area contributed by atoms with Crippen molar-refractivity contribution in [3.05, 3.63) is 55.1 Å². The lowest BCUT2D eigenvalue weighted by Crippen LogP contribution is -2.13. The molecule has 0 atom stereocenters. The van der Waals surface area contributed by atoms with Crippen molar-refractivity contribution >= 4 is 63.5 Å². The van der Waals surface area contributed by atoms with Crippen LogP contribution in [0.15, 0.2) is 35.9 Å². The lowest BCUT2D eigenvalue weighted by molar-refractivity contribution is -0.112. The normalized spacial score (nSPS) is 11.0. The van der Waals surface area contributed by atoms with Gasteiger partial charge in [-0.1, -0.05) is 30.1 Å². The van der Waals surface area contributed by atoms with Gasteiger partial charge in [0.2, 0.25) is 0 Å². The average Bonchev–Trinajstić information content (AvgIpc) is 2.68. The summed E-state index contributed by atoms with van der Waals surface area (Å²) in [5.74, 6) is 0.677. The molecule has 0 aromatic heterocycles. The van der Waals surface area contributed by atoms with E-state index in [1.807, 2.05) is 26.0 Å². The van der Waals surface area contributed by atoms with E-state index in [0.29, 0.717) is 46.0 Å². The molecule has 2 rings (SSSR count). The van der Waals surface area contributed by atoms with Crippen molar-refractivity contribution in [2.75, 3.05) is 18.5 Å². The number of rotatable bonds is 8. The highest BCUT2D eigenvalue weighted by Gasteiger charge is 2.14. The smallest absolute Gasteiger partial charge is 0.266 e. The van der Waals surface area contributed by atoms with E-state index in [2.05, 4.69) is 27.9 Å². The van der Waals surface area contributed by atoms with Gasteiger partial charge in [-0.2, -0.15) is 5.26 Å². The molecule has 5 nitrogen and oxygen atoms in total. The monoisotopic (exact) mass is 544 g/mol. The van der Waals surface area contributed by atoms with Crippen molar-refractivity contribution in [3.8, 4) is 17.6 Å². The van der Waals surface area contributed by atoms with Crippen LogP contribution < -0.4 is 14.8 Å². The number of hydrogen-bond acceptors (Lipinski definition) is 4. The molecule has 0 bridgehead atoms. The van der Waals surface area contributed by atoms with Gasteiger partial charge in [0.05, 0.1) is 26.8 Å². The fourth-order valence-corrected chi connectivity index (χ4v) is 3.45. The van der Waals surface area contributed by atoms with Gasteiger partial charge in [0.1, 0.15) is 11.6 Å². The summed E-state index contributed by atoms with van der Waals surface area (Å²) >= 11 is 14.0. The number of amides is 1. The lowest BCUT2D eigenvalue weighted by atomic mass is 10.1. The third kappa shape index (κ3) is 6.53. The van der Waals surface area contributed by atoms with E-state index in [4.69, 9.17) is 32.7 Å². The molecule has 2 aromatic carbocycles. The lowest BCUT2D eigenvalue weighted by Gasteiger charge is -2.14. The molecule has 0 heterocycles. The Morgan fingerprint density at radius 2 is 1.97 bits per heavy atom. The van der Waals surface area contributed by atoms with E-state index in [9.17, 15) is 10.1 Å². The summed E-state index contributed by atoms with van der Waals surface area (Å²) in [5.41, 5.74) is 1.04. The number of carbonyl (C=O) groups excluding carboxylic acids is 1. The van der Waals surface area contributed by atoms with Crippen LogP contribution in [0.3, 0.4) is 0 Å². The van der Waals surface area contributed by atoms with Gasteiger partial charge in [-0.15, -0.1) is 0 Å². The molecule has 1 N–H and O–H groups in total. The predicted molar refractivity (Wildman–Crippen MR) is 125 cm³/mol. The second kappa shape index (κ2) is 11.3. The van der Waals surface area contributed by atoms with Crippen molar-refractivity contribution in [1.82, 2.24) is 0 Å². The number of nitriles is 1. The summed E-state index contributed by atoms with van der Waals surface area (Å²) in [6.45, 7) is 4.94. The van der Waals surface area contributed by atoms with Crippen molar-refractivity contribution in [2.24, 2.45) is 0 Å². The van der Waals surface area contributed by atoms with Crippen LogP contribution in [-0.2, 0) is 4.79 Å². The van der Waals surface area contributed by atoms with Gasteiger partial charge in [-0.05, 0) is 77.9 Å². The minimum atomic E-state index is -0.551. The van der Waals surface area contributed by atoms with Crippen LogP contribution in [0.2, 0.25) is 10.0 Å². The quantitative estimate of drug-likeness (QED) is 0.239. The molecule has 0 spiro atoms. The molecule has 0 aliphatic carbocycles. The Morgan fingerprint density at radius 1 is 1.21 bits per heavy atom. The standard InChI is InChI=1S/C21H19Cl2IN2O3/c1-3-7-29-20-18(24)9-13(10-19(20)28-4-2)8-14(12-25)21(27)26-15-5-6-16(22)17(23)11-15/h5-6,8-11H,3-4,7H2,1-2H3,(H,26,27)/b14-8+. The van der Waals surface area contributed by atoms with E-state index >= 15 is 0 Å². The highest BCUT2D eigenvalue weighted by atomic mass is 127. The zero-order valence-corrected chi connectivity index (χ0v) is 19.6. The fraction of sp³-hybridized carbons (Fsp3) is 0.238. The number of ether oxygens (including phenoxy) is 2. The zero-order valence-electron chi connectivity index (χ0n) is 15.9. The molecule has 1 amide bonds. The van der Waals surface area contributed by atoms with Crippen LogP contribution in [0.5, 0.6) is 11.5 Å². The molecule has 152 valence electrons. The molecule has 0 fully saturated rings. The first-order valence-corrected chi connectivity index (χ1v) is 10.7. The second-order valence-corrected chi connectivity index (χ2v) is 7.84. The molecule has 0 aliphatic rings. The topological polar surface area (TPSA) is 71.3 Å². The number of nitrogens with zero attached hydrogens (tertiary/aromatic N) is 1. The summed E-state index contributed by atoms with van der Waals surface area (Å²) in [5, 5.41) is 12.8. The van der Waals surface area contributed by atoms with Gasteiger partial charge in [-0.3, -0.25) is 4.79 Å². The SMILES string of the molecule is CCCOc1c(I)cc(/C=C(\C#N)C(=O)Nc2ccc(Cl)c(Cl)c2)cc1OCC. The first kappa shape index (κ1) is 23.3. The largest absolute Gasteiger partial charge is 0.490 e. The number of halogens is 3. The third-order valence-corrected chi connectivity index (χ3v) is 5.18. The maximum atomic E-state index is 12.5. The highest BCUT2D eigenvalue weighted by molar-refractivity contribution is 14.1. The van der Waals surface area contributed by atoms with Gasteiger partial charge < -0.3 is 14.8 Å². The summed E-state index contributed by atoms with van der Waals surface area (Å²) in [6.07, 6.45) is 2.37. The van der Waals surface area contributed by atoms with Gasteiger partial charge in [0.15, 0.2) is 11.5 Å². The van der Waals surface area contributed by atoms with E-state index in [-0.39, 0.29) is 5.57 Å². The predicted octanol–water partition coefficient (Wildman–Crippen LogP) is 6.33. The second-order valence-electron chi connectivity index (χ2n) is 5.86. The maximum absolute atomic E-state index is 12.5. The molecule has 2 aromatic rings. The molecular formula is C21H19Cl2IN2O3. The number of benzene rings is 2. The van der Waals surface area contributed by atoms with Crippen molar-refractivity contribution in [3.63, 3.8) is 0 Å². The van der Waals surface area contributed by atoms with Crippen molar-refractivity contribution in [2.45, 2.75) is 20.3 Å². The van der Waals surface area contributed by atoms with Crippen LogP contribution >= 0.6 is 45.8 Å². The van der Waals surface area contributed by atoms with Crippen molar-refractivity contribution in [1.29, 1.82) is 5.26 Å². The molecule has 0 saturated heterocycles. The van der Waals surface area contributed by atoms with E-state index in [1.54, 1.807) is 18.2 Å². The molecule has 0 unspecified atom stereocenters. The Morgan fingerprint density at radius 3 is 2.59 bits per heavy atom. The Kier molecular flexibility index (Phi) is 9.08. The van der Waals surface area contributed by atoms with Crippen LogP contribution in [-0.4, -0.2) is 19.1 Å². The van der Waals surface area contributed by atoms with Crippen LogP contribution in [0.1, 0.15) is 25.8 Å². The Labute approximate surface area is 193 Å². The Hall–Kier alpha value is -1.95. The summed E-state index contributed by atoms with van der Waals surface area (Å²) in [6, 6.07) is 10.2. The Bertz CT molecular complexity index is 971. The van der Waals surface area contributed by atoms with Crippen LogP contribution in [0.25, 0.3) is 6.08 Å². The number of anilines is 1. The minimum absolute atomic E-state index is 0.0588. The number of hydrogen-bond donors (Lipinski definition) is 1. The molecule has 0 radical (unpaired) electrons. The first-order valence-electron chi connectivity index (χ1n) is 8.86. The number of nitrogens with one attached hydrogen (secondary N) is 1. The molecule has 29 heavy (non-hydrogen) atoms. The molecular weight excluding hydrogens is 526 g/mol. The van der Waals surface area contributed by atoms with Gasteiger partial charge in [0.25, 0.3) is 5.91 Å². The van der Waals surface area contributed by atoms with Gasteiger partial charge in [0, 0.05) is 5.69 Å². The van der Waals surface area contributed by atoms with E-state index < -0.39 is 5.91 Å². The first-order chi connectivity index (χ1) is 13.9. The molecule has 8 heteroatoms. The zero-order chi connectivity index (χ0) is 21.4. The average molecular weight is 545 g/mol. The van der Waals surface area contributed by atoms with Gasteiger partial charge >= 0.3 is 0 Å². The van der Waals surface area contributed by atoms with E-state index in [1.165, 1.54) is 12.1 Å². The van der Waals surface area contributed by atoms with E-state index in [0.717, 1.165) is 9.99 Å². The summed E-state index contributed by atoms with van der Waals surface area (Å²) in [4.78, 5) is 12.5. The van der Waals surface area contributed by atoms with Crippen molar-refractivity contribution < 1.29 is 14.3 Å². The molecule has 0 saturated carbocycles. The van der Waals surface area contributed by atoms with Crippen LogP contribution in [0, 0.1) is 14.9 Å². The summed E-state index contributed by atoms with van der Waals surface area (Å²) in [7, 11) is 0. The fourth-order valence-electron chi connectivity index (χ4n) is 2.37. The third-order valence-electron chi connectivity index (χ3n) is 3.64. The summed E-state index contributed by atoms with van der Waals surface area (Å²) < 4.78 is 12.3. The number of carbonyl (C=O) groups is 1.